The third-order valence-electron chi connectivity index (χ3n) is 5.31. The molecule has 7 heteroatoms. The summed E-state index contributed by atoms with van der Waals surface area (Å²) in [6.45, 7) is 3.94. The summed E-state index contributed by atoms with van der Waals surface area (Å²) >= 11 is 3.33. The van der Waals surface area contributed by atoms with Gasteiger partial charge in [0.1, 0.15) is 0 Å². The standard InChI is InChI=1S/C26H29BrN2O3S/c1-3-4-5-21-10-14-24(15-11-21)28-26(30)19-29(18-22-8-6-20(2)7-9-22)33(31,32)25-16-12-23(27)13-17-25/h6-17H,3-5,18-19H2,1-2H3,(H,28,30). The quantitative estimate of drug-likeness (QED) is 0.354. The molecule has 0 spiro atoms. The van der Waals surface area contributed by atoms with Gasteiger partial charge in [0.2, 0.25) is 15.9 Å². The highest BCUT2D eigenvalue weighted by Crippen LogP contribution is 2.21. The number of carbonyl (C=O) groups is 1. The van der Waals surface area contributed by atoms with Crippen molar-refractivity contribution >= 4 is 37.5 Å². The Morgan fingerprint density at radius 1 is 0.909 bits per heavy atom. The first-order chi connectivity index (χ1) is 15.8. The first-order valence-corrected chi connectivity index (χ1v) is 13.2. The van der Waals surface area contributed by atoms with Crippen LogP contribution in [0.25, 0.3) is 0 Å². The average molecular weight is 530 g/mol. The summed E-state index contributed by atoms with van der Waals surface area (Å²) < 4.78 is 28.8. The van der Waals surface area contributed by atoms with Crippen LogP contribution >= 0.6 is 15.9 Å². The molecule has 3 aromatic carbocycles. The lowest BCUT2D eigenvalue weighted by Gasteiger charge is -2.22. The van der Waals surface area contributed by atoms with Crippen LogP contribution in [0.15, 0.2) is 82.2 Å². The van der Waals surface area contributed by atoms with Gasteiger partial charge in [-0.15, -0.1) is 0 Å². The Kier molecular flexibility index (Phi) is 8.83. The lowest BCUT2D eigenvalue weighted by atomic mass is 10.1. The molecule has 0 aliphatic carbocycles. The number of sulfonamides is 1. The van der Waals surface area contributed by atoms with E-state index < -0.39 is 10.0 Å². The van der Waals surface area contributed by atoms with Crippen molar-refractivity contribution in [2.24, 2.45) is 0 Å². The van der Waals surface area contributed by atoms with E-state index in [-0.39, 0.29) is 23.9 Å². The van der Waals surface area contributed by atoms with Gasteiger partial charge in [0, 0.05) is 16.7 Å². The van der Waals surface area contributed by atoms with E-state index in [0.717, 1.165) is 34.9 Å². The monoisotopic (exact) mass is 528 g/mol. The molecule has 0 unspecified atom stereocenters. The number of nitrogens with zero attached hydrogens (tertiary/aromatic N) is 1. The number of benzene rings is 3. The molecule has 3 rings (SSSR count). The topological polar surface area (TPSA) is 66.5 Å². The third kappa shape index (κ3) is 7.25. The molecule has 33 heavy (non-hydrogen) atoms. The predicted octanol–water partition coefficient (Wildman–Crippen LogP) is 5.93. The van der Waals surface area contributed by atoms with Gasteiger partial charge in [-0.2, -0.15) is 4.31 Å². The van der Waals surface area contributed by atoms with Crippen LogP contribution in [-0.2, 0) is 27.8 Å². The third-order valence-corrected chi connectivity index (χ3v) is 7.64. The molecule has 0 heterocycles. The van der Waals surface area contributed by atoms with E-state index in [4.69, 9.17) is 0 Å². The molecule has 0 fully saturated rings. The maximum Gasteiger partial charge on any atom is 0.243 e. The fourth-order valence-electron chi connectivity index (χ4n) is 3.37. The Balaban J connectivity index is 1.79. The van der Waals surface area contributed by atoms with E-state index in [0.29, 0.717) is 5.69 Å². The maximum atomic E-state index is 13.4. The van der Waals surface area contributed by atoms with Crippen molar-refractivity contribution in [1.82, 2.24) is 4.31 Å². The van der Waals surface area contributed by atoms with Crippen LogP contribution in [-0.4, -0.2) is 25.2 Å². The highest BCUT2D eigenvalue weighted by Gasteiger charge is 2.27. The minimum atomic E-state index is -3.88. The van der Waals surface area contributed by atoms with Gasteiger partial charge in [0.25, 0.3) is 0 Å². The molecule has 0 saturated heterocycles. The number of aryl methyl sites for hydroxylation is 2. The van der Waals surface area contributed by atoms with E-state index in [1.807, 2.05) is 55.5 Å². The number of hydrogen-bond acceptors (Lipinski definition) is 3. The van der Waals surface area contributed by atoms with Crippen molar-refractivity contribution in [3.8, 4) is 0 Å². The molecular weight excluding hydrogens is 500 g/mol. The van der Waals surface area contributed by atoms with Gasteiger partial charge in [-0.3, -0.25) is 4.79 Å². The molecule has 5 nitrogen and oxygen atoms in total. The number of nitrogens with one attached hydrogen (secondary N) is 1. The number of halogens is 1. The van der Waals surface area contributed by atoms with E-state index >= 15 is 0 Å². The second-order valence-electron chi connectivity index (χ2n) is 8.06. The molecule has 0 aliphatic rings. The molecular formula is C26H29BrN2O3S. The molecule has 0 aromatic heterocycles. The minimum Gasteiger partial charge on any atom is -0.325 e. The summed E-state index contributed by atoms with van der Waals surface area (Å²) in [7, 11) is -3.88. The Bertz CT molecular complexity index is 1160. The largest absolute Gasteiger partial charge is 0.325 e. The summed E-state index contributed by atoms with van der Waals surface area (Å²) in [5.74, 6) is -0.385. The van der Waals surface area contributed by atoms with Crippen molar-refractivity contribution in [3.63, 3.8) is 0 Å². The summed E-state index contributed by atoms with van der Waals surface area (Å²) in [6.07, 6.45) is 3.25. The molecule has 0 saturated carbocycles. The first-order valence-electron chi connectivity index (χ1n) is 11.0. The van der Waals surface area contributed by atoms with E-state index in [1.54, 1.807) is 12.1 Å². The SMILES string of the molecule is CCCCc1ccc(NC(=O)CN(Cc2ccc(C)cc2)S(=O)(=O)c2ccc(Br)cc2)cc1. The number of amides is 1. The second kappa shape index (κ2) is 11.6. The number of carbonyl (C=O) groups excluding carboxylic acids is 1. The van der Waals surface area contributed by atoms with Gasteiger partial charge in [0.05, 0.1) is 11.4 Å². The van der Waals surface area contributed by atoms with Crippen LogP contribution in [0.3, 0.4) is 0 Å². The molecule has 3 aromatic rings. The van der Waals surface area contributed by atoms with Crippen molar-refractivity contribution < 1.29 is 13.2 Å². The van der Waals surface area contributed by atoms with Gasteiger partial charge in [0.15, 0.2) is 0 Å². The van der Waals surface area contributed by atoms with E-state index in [1.165, 1.54) is 22.0 Å². The predicted molar refractivity (Wildman–Crippen MR) is 137 cm³/mol. The van der Waals surface area contributed by atoms with Crippen LogP contribution in [0.4, 0.5) is 5.69 Å². The molecule has 0 aliphatic heterocycles. The number of rotatable bonds is 10. The molecule has 1 amide bonds. The van der Waals surface area contributed by atoms with Crippen LogP contribution < -0.4 is 5.32 Å². The van der Waals surface area contributed by atoms with Crippen LogP contribution in [0.2, 0.25) is 0 Å². The van der Waals surface area contributed by atoms with Crippen molar-refractivity contribution in [2.45, 2.75) is 44.6 Å². The van der Waals surface area contributed by atoms with Crippen LogP contribution in [0.1, 0.15) is 36.5 Å². The van der Waals surface area contributed by atoms with Crippen LogP contribution in [0, 0.1) is 6.92 Å². The summed E-state index contributed by atoms with van der Waals surface area (Å²) in [5, 5.41) is 2.83. The fourth-order valence-corrected chi connectivity index (χ4v) is 5.02. The lowest BCUT2D eigenvalue weighted by molar-refractivity contribution is -0.116. The molecule has 1 N–H and O–H groups in total. The number of unbranched alkanes of at least 4 members (excludes halogenated alkanes) is 1. The van der Waals surface area contributed by atoms with Gasteiger partial charge in [-0.05, 0) is 67.3 Å². The highest BCUT2D eigenvalue weighted by atomic mass is 79.9. The molecule has 0 bridgehead atoms. The van der Waals surface area contributed by atoms with E-state index in [9.17, 15) is 13.2 Å². The summed E-state index contributed by atoms with van der Waals surface area (Å²) in [6, 6.07) is 21.8. The zero-order chi connectivity index (χ0) is 23.8. The minimum absolute atomic E-state index is 0.0993. The molecule has 174 valence electrons. The van der Waals surface area contributed by atoms with Crippen molar-refractivity contribution in [3.05, 3.63) is 94.0 Å². The maximum absolute atomic E-state index is 13.4. The van der Waals surface area contributed by atoms with Gasteiger partial charge in [-0.1, -0.05) is 71.2 Å². The van der Waals surface area contributed by atoms with Gasteiger partial charge >= 0.3 is 0 Å². The Labute approximate surface area is 205 Å². The lowest BCUT2D eigenvalue weighted by Crippen LogP contribution is -2.37. The first kappa shape index (κ1) is 25.1. The van der Waals surface area contributed by atoms with Gasteiger partial charge in [-0.25, -0.2) is 8.42 Å². The van der Waals surface area contributed by atoms with Crippen LogP contribution in [0.5, 0.6) is 0 Å². The highest BCUT2D eigenvalue weighted by molar-refractivity contribution is 9.10. The van der Waals surface area contributed by atoms with Crippen molar-refractivity contribution in [2.75, 3.05) is 11.9 Å². The number of hydrogen-bond donors (Lipinski definition) is 1. The summed E-state index contributed by atoms with van der Waals surface area (Å²) in [5.41, 5.74) is 3.76. The summed E-state index contributed by atoms with van der Waals surface area (Å²) in [4.78, 5) is 13.0. The molecule has 0 radical (unpaired) electrons. The second-order valence-corrected chi connectivity index (χ2v) is 10.9. The Hall–Kier alpha value is -2.48. The normalized spacial score (nSPS) is 11.5. The molecule has 0 atom stereocenters. The zero-order valence-electron chi connectivity index (χ0n) is 18.9. The fraction of sp³-hybridized carbons (Fsp3) is 0.269. The Morgan fingerprint density at radius 3 is 2.12 bits per heavy atom. The average Bonchev–Trinajstić information content (AvgIpc) is 2.80. The zero-order valence-corrected chi connectivity index (χ0v) is 21.3. The van der Waals surface area contributed by atoms with E-state index in [2.05, 4.69) is 28.2 Å². The van der Waals surface area contributed by atoms with Crippen molar-refractivity contribution in [1.29, 1.82) is 0 Å². The number of anilines is 1. The van der Waals surface area contributed by atoms with Gasteiger partial charge < -0.3 is 5.32 Å². The smallest absolute Gasteiger partial charge is 0.243 e. The Morgan fingerprint density at radius 2 is 1.52 bits per heavy atom.